The molecule has 0 N–H and O–H groups in total. The summed E-state index contributed by atoms with van der Waals surface area (Å²) in [5, 5.41) is 0.738. The molecule has 1 amide bonds. The molecule has 0 saturated carbocycles. The molecule has 0 spiro atoms. The van der Waals surface area contributed by atoms with Crippen LogP contribution in [-0.2, 0) is 6.54 Å². The van der Waals surface area contributed by atoms with Crippen molar-refractivity contribution >= 4 is 33.4 Å². The molecular formula is C18H17BrClFN2O. The summed E-state index contributed by atoms with van der Waals surface area (Å²) in [5.41, 5.74) is 1.67. The van der Waals surface area contributed by atoms with Crippen molar-refractivity contribution in [3.63, 3.8) is 0 Å². The molecule has 0 unspecified atom stereocenters. The van der Waals surface area contributed by atoms with Gasteiger partial charge in [0.2, 0.25) is 0 Å². The van der Waals surface area contributed by atoms with Crippen molar-refractivity contribution in [3.8, 4) is 0 Å². The second kappa shape index (κ2) is 7.64. The molecule has 126 valence electrons. The highest BCUT2D eigenvalue weighted by atomic mass is 79.9. The van der Waals surface area contributed by atoms with Crippen LogP contribution in [0.15, 0.2) is 46.9 Å². The van der Waals surface area contributed by atoms with E-state index in [0.717, 1.165) is 24.7 Å². The smallest absolute Gasteiger partial charge is 0.255 e. The Balaban J connectivity index is 1.59. The first-order chi connectivity index (χ1) is 11.5. The van der Waals surface area contributed by atoms with Crippen molar-refractivity contribution in [3.05, 3.63) is 68.9 Å². The summed E-state index contributed by atoms with van der Waals surface area (Å²) in [6, 6.07) is 12.0. The number of hydrogen-bond donors (Lipinski definition) is 0. The average Bonchev–Trinajstić information content (AvgIpc) is 2.55. The Morgan fingerprint density at radius 3 is 2.54 bits per heavy atom. The maximum absolute atomic E-state index is 13.2. The molecule has 1 saturated heterocycles. The molecule has 0 radical (unpaired) electrons. The molecule has 0 aliphatic carbocycles. The Kier molecular flexibility index (Phi) is 5.54. The van der Waals surface area contributed by atoms with Gasteiger partial charge < -0.3 is 4.90 Å². The van der Waals surface area contributed by atoms with E-state index in [1.807, 2.05) is 23.1 Å². The lowest BCUT2D eigenvalue weighted by Crippen LogP contribution is -2.48. The van der Waals surface area contributed by atoms with Gasteiger partial charge in [0, 0.05) is 42.2 Å². The van der Waals surface area contributed by atoms with Gasteiger partial charge in [0.15, 0.2) is 0 Å². The van der Waals surface area contributed by atoms with Crippen molar-refractivity contribution in [2.45, 2.75) is 6.54 Å². The molecule has 3 rings (SSSR count). The van der Waals surface area contributed by atoms with Crippen LogP contribution in [-0.4, -0.2) is 41.9 Å². The number of piperazine rings is 1. The summed E-state index contributed by atoms with van der Waals surface area (Å²) in [6.07, 6.45) is 0. The van der Waals surface area contributed by atoms with Gasteiger partial charge in [-0.15, -0.1) is 0 Å². The zero-order chi connectivity index (χ0) is 17.1. The van der Waals surface area contributed by atoms with Crippen LogP contribution < -0.4 is 0 Å². The molecular weight excluding hydrogens is 395 g/mol. The molecule has 2 aromatic rings. The van der Waals surface area contributed by atoms with Crippen LogP contribution >= 0.6 is 27.5 Å². The van der Waals surface area contributed by atoms with E-state index in [9.17, 15) is 9.18 Å². The lowest BCUT2D eigenvalue weighted by Gasteiger charge is -2.35. The van der Waals surface area contributed by atoms with E-state index in [4.69, 9.17) is 11.6 Å². The molecule has 1 fully saturated rings. The van der Waals surface area contributed by atoms with E-state index in [2.05, 4.69) is 26.9 Å². The number of nitrogens with zero attached hydrogens (tertiary/aromatic N) is 2. The van der Waals surface area contributed by atoms with Crippen LogP contribution in [0.1, 0.15) is 15.9 Å². The highest BCUT2D eigenvalue weighted by molar-refractivity contribution is 9.10. The van der Waals surface area contributed by atoms with Gasteiger partial charge in [-0.3, -0.25) is 9.69 Å². The number of amides is 1. The van der Waals surface area contributed by atoms with Crippen LogP contribution in [0.3, 0.4) is 0 Å². The summed E-state index contributed by atoms with van der Waals surface area (Å²) >= 11 is 9.29. The van der Waals surface area contributed by atoms with Crippen LogP contribution in [0, 0.1) is 5.82 Å². The van der Waals surface area contributed by atoms with Crippen molar-refractivity contribution in [2.24, 2.45) is 0 Å². The summed E-state index contributed by atoms with van der Waals surface area (Å²) in [5.74, 6) is -0.422. The van der Waals surface area contributed by atoms with Gasteiger partial charge in [0.05, 0.1) is 5.56 Å². The number of hydrogen-bond acceptors (Lipinski definition) is 2. The third-order valence-electron chi connectivity index (χ3n) is 4.12. The van der Waals surface area contributed by atoms with Gasteiger partial charge in [0.25, 0.3) is 5.91 Å². The minimum atomic E-state index is -0.357. The Morgan fingerprint density at radius 2 is 1.88 bits per heavy atom. The summed E-state index contributed by atoms with van der Waals surface area (Å²) in [6.45, 7) is 3.74. The van der Waals surface area contributed by atoms with Crippen LogP contribution in [0.5, 0.6) is 0 Å². The fourth-order valence-corrected chi connectivity index (χ4v) is 3.57. The van der Waals surface area contributed by atoms with E-state index in [1.54, 1.807) is 0 Å². The minimum absolute atomic E-state index is 0.0655. The second-order valence-electron chi connectivity index (χ2n) is 5.82. The molecule has 6 heteroatoms. The largest absolute Gasteiger partial charge is 0.336 e. The summed E-state index contributed by atoms with van der Waals surface area (Å²) in [4.78, 5) is 16.7. The molecule has 24 heavy (non-hydrogen) atoms. The van der Waals surface area contributed by atoms with Gasteiger partial charge in [0.1, 0.15) is 5.82 Å². The summed E-state index contributed by atoms with van der Waals surface area (Å²) < 4.78 is 13.7. The topological polar surface area (TPSA) is 23.6 Å². The third-order valence-corrected chi connectivity index (χ3v) is 5.01. The third kappa shape index (κ3) is 4.15. The van der Waals surface area contributed by atoms with E-state index < -0.39 is 0 Å². The number of carbonyl (C=O) groups is 1. The van der Waals surface area contributed by atoms with E-state index in [1.165, 1.54) is 23.8 Å². The minimum Gasteiger partial charge on any atom is -0.336 e. The Labute approximate surface area is 154 Å². The van der Waals surface area contributed by atoms with Crippen molar-refractivity contribution in [1.82, 2.24) is 9.80 Å². The van der Waals surface area contributed by atoms with Crippen molar-refractivity contribution in [1.29, 1.82) is 0 Å². The average molecular weight is 412 g/mol. The number of benzene rings is 2. The highest BCUT2D eigenvalue weighted by Crippen LogP contribution is 2.21. The lowest BCUT2D eigenvalue weighted by molar-refractivity contribution is 0.0627. The van der Waals surface area contributed by atoms with E-state index in [0.29, 0.717) is 23.1 Å². The normalized spacial score (nSPS) is 15.5. The fourth-order valence-electron chi connectivity index (χ4n) is 2.84. The maximum atomic E-state index is 13.2. The first kappa shape index (κ1) is 17.4. The Hall–Kier alpha value is -1.43. The first-order valence-corrected chi connectivity index (χ1v) is 8.91. The quantitative estimate of drug-likeness (QED) is 0.756. The zero-order valence-electron chi connectivity index (χ0n) is 13.0. The maximum Gasteiger partial charge on any atom is 0.255 e. The van der Waals surface area contributed by atoms with Gasteiger partial charge in [-0.1, -0.05) is 23.7 Å². The van der Waals surface area contributed by atoms with Crippen LogP contribution in [0.25, 0.3) is 0 Å². The molecule has 1 aliphatic rings. The van der Waals surface area contributed by atoms with Gasteiger partial charge in [-0.25, -0.2) is 4.39 Å². The Morgan fingerprint density at radius 1 is 1.12 bits per heavy atom. The molecule has 1 heterocycles. The standard InChI is InChI=1S/C18H17BrClFN2O/c19-17-11-15(21)4-5-16(17)18(24)23-8-6-22(7-9-23)12-13-2-1-3-14(20)10-13/h1-5,10-11H,6-9,12H2. The number of rotatable bonds is 3. The number of halogens is 3. The van der Waals surface area contributed by atoms with E-state index >= 15 is 0 Å². The van der Waals surface area contributed by atoms with Gasteiger partial charge >= 0.3 is 0 Å². The zero-order valence-corrected chi connectivity index (χ0v) is 15.4. The molecule has 2 aromatic carbocycles. The Bertz CT molecular complexity index is 748. The summed E-state index contributed by atoms with van der Waals surface area (Å²) in [7, 11) is 0. The predicted molar refractivity (Wildman–Crippen MR) is 96.7 cm³/mol. The molecule has 0 bridgehead atoms. The number of carbonyl (C=O) groups excluding carboxylic acids is 1. The SMILES string of the molecule is O=C(c1ccc(F)cc1Br)N1CCN(Cc2cccc(Cl)c2)CC1. The molecule has 0 atom stereocenters. The van der Waals surface area contributed by atoms with Gasteiger partial charge in [-0.2, -0.15) is 0 Å². The van der Waals surface area contributed by atoms with Crippen molar-refractivity contribution < 1.29 is 9.18 Å². The van der Waals surface area contributed by atoms with Crippen molar-refractivity contribution in [2.75, 3.05) is 26.2 Å². The molecule has 0 aromatic heterocycles. The lowest BCUT2D eigenvalue weighted by atomic mass is 10.1. The monoisotopic (exact) mass is 410 g/mol. The van der Waals surface area contributed by atoms with Gasteiger partial charge in [-0.05, 0) is 51.8 Å². The predicted octanol–water partition coefficient (Wildman–Crippen LogP) is 4.20. The molecule has 3 nitrogen and oxygen atoms in total. The van der Waals surface area contributed by atoms with Crippen LogP contribution in [0.2, 0.25) is 5.02 Å². The highest BCUT2D eigenvalue weighted by Gasteiger charge is 2.23. The first-order valence-electron chi connectivity index (χ1n) is 7.74. The van der Waals surface area contributed by atoms with E-state index in [-0.39, 0.29) is 11.7 Å². The second-order valence-corrected chi connectivity index (χ2v) is 7.11. The molecule has 1 aliphatic heterocycles. The fraction of sp³-hybridized carbons (Fsp3) is 0.278. The van der Waals surface area contributed by atoms with Crippen LogP contribution in [0.4, 0.5) is 4.39 Å².